The van der Waals surface area contributed by atoms with E-state index < -0.39 is 58.8 Å². The molecule has 1 atom stereocenters. The van der Waals surface area contributed by atoms with Crippen molar-refractivity contribution < 1.29 is 75.0 Å². The van der Waals surface area contributed by atoms with Crippen LogP contribution in [0.2, 0.25) is 0 Å². The van der Waals surface area contributed by atoms with E-state index in [2.05, 4.69) is 11.6 Å². The highest BCUT2D eigenvalue weighted by Crippen LogP contribution is 2.64. The molecule has 0 saturated carbocycles. The first-order valence-corrected chi connectivity index (χ1v) is 9.11. The normalized spacial score (nSPS) is 16.1. The Balaban J connectivity index is 3.52. The average Bonchev–Trinajstić information content (AvgIpc) is 2.72. The summed E-state index contributed by atoms with van der Waals surface area (Å²) in [6, 6.07) is 4.08. The minimum Gasteiger partial charge on any atom is -0.344 e. The van der Waals surface area contributed by atoms with Gasteiger partial charge in [-0.05, 0) is 24.1 Å². The second-order valence-corrected chi connectivity index (χ2v) is 7.60. The van der Waals surface area contributed by atoms with E-state index in [-0.39, 0.29) is 5.56 Å². The van der Waals surface area contributed by atoms with Gasteiger partial charge in [0, 0.05) is 0 Å². The molecule has 0 bridgehead atoms. The Labute approximate surface area is 194 Å². The van der Waals surface area contributed by atoms with Crippen molar-refractivity contribution in [1.29, 1.82) is 0 Å². The summed E-state index contributed by atoms with van der Waals surface area (Å²) in [5.74, 6) is -60.4. The van der Waals surface area contributed by atoms with Crippen molar-refractivity contribution in [3.8, 4) is 0 Å². The lowest BCUT2D eigenvalue weighted by atomic mass is 9.89. The molecule has 1 rings (SSSR count). The first-order chi connectivity index (χ1) is 15.7. The minimum absolute atomic E-state index is 0.169. The van der Waals surface area contributed by atoms with Gasteiger partial charge in [-0.3, -0.25) is 4.79 Å². The molecule has 0 aliphatic heterocycles. The number of halogens is 17. The molecule has 19 heteroatoms. The molecule has 1 N–H and O–H groups in total. The first-order valence-electron chi connectivity index (χ1n) is 8.73. The van der Waals surface area contributed by atoms with Crippen LogP contribution in [0.4, 0.5) is 70.2 Å². The van der Waals surface area contributed by atoms with Crippen LogP contribution < -0.4 is 5.32 Å². The quantitative estimate of drug-likeness (QED) is 0.230. The van der Waals surface area contributed by atoms with Crippen LogP contribution >= 0.6 is 11.6 Å². The number of hydrogen-bond donors (Lipinski definition) is 1. The lowest BCUT2D eigenvalue weighted by molar-refractivity contribution is -0.446. The fourth-order valence-corrected chi connectivity index (χ4v) is 2.54. The largest absolute Gasteiger partial charge is 0.393 e. The van der Waals surface area contributed by atoms with Crippen molar-refractivity contribution in [2.75, 3.05) is 0 Å². The van der Waals surface area contributed by atoms with Gasteiger partial charge in [0.15, 0.2) is 0 Å². The Morgan fingerprint density at radius 1 is 0.639 bits per heavy atom. The van der Waals surface area contributed by atoms with Gasteiger partial charge in [-0.15, -0.1) is 0 Å². The van der Waals surface area contributed by atoms with Gasteiger partial charge in [0.1, 0.15) is 0 Å². The monoisotopic (exact) mass is 583 g/mol. The summed E-state index contributed by atoms with van der Waals surface area (Å²) in [6.45, 7) is 0.775. The van der Waals surface area contributed by atoms with Crippen molar-refractivity contribution in [3.05, 3.63) is 35.9 Å². The van der Waals surface area contributed by atoms with Gasteiger partial charge in [0.2, 0.25) is 0 Å². The minimum atomic E-state index is -8.62. The Bertz CT molecular complexity index is 944. The topological polar surface area (TPSA) is 29.1 Å². The van der Waals surface area contributed by atoms with Gasteiger partial charge >= 0.3 is 46.8 Å². The maximum Gasteiger partial charge on any atom is 0.393 e. The lowest BCUT2D eigenvalue weighted by Crippen LogP contribution is -2.75. The van der Waals surface area contributed by atoms with Crippen LogP contribution in [0, 0.1) is 0 Å². The van der Waals surface area contributed by atoms with E-state index in [1.165, 1.54) is 18.2 Å². The molecule has 1 unspecified atom stereocenters. The number of alkyl halides is 17. The van der Waals surface area contributed by atoms with E-state index in [0.717, 1.165) is 24.4 Å². The number of benzene rings is 1. The Kier molecular flexibility index (Phi) is 7.98. The van der Waals surface area contributed by atoms with Crippen LogP contribution in [0.1, 0.15) is 18.5 Å². The van der Waals surface area contributed by atoms with Gasteiger partial charge in [-0.25, -0.2) is 0 Å². The number of carbonyl (C=O) groups excluding carboxylic acids is 1. The first kappa shape index (κ1) is 31.9. The molecular formula is C17H10ClF16NO. The zero-order valence-corrected chi connectivity index (χ0v) is 17.6. The summed E-state index contributed by atoms with van der Waals surface area (Å²) in [5.41, 5.74) is -0.169. The number of nitrogens with one attached hydrogen (secondary N) is 1. The van der Waals surface area contributed by atoms with Crippen LogP contribution in [-0.2, 0) is 4.79 Å². The summed E-state index contributed by atoms with van der Waals surface area (Å²) in [7, 11) is 0. The van der Waals surface area contributed by atoms with E-state index in [9.17, 15) is 75.0 Å². The summed E-state index contributed by atoms with van der Waals surface area (Å²) in [6.07, 6.45) is 0. The number of carbonyl (C=O) groups is 1. The van der Waals surface area contributed by atoms with Gasteiger partial charge in [-0.2, -0.15) is 70.2 Å². The molecule has 0 spiro atoms. The predicted octanol–water partition coefficient (Wildman–Crippen LogP) is 7.14. The summed E-state index contributed by atoms with van der Waals surface area (Å²) in [5, 5.41) is -5.90. The molecule has 0 radical (unpaired) electrons. The van der Waals surface area contributed by atoms with Gasteiger partial charge in [0.25, 0.3) is 5.91 Å². The lowest BCUT2D eigenvalue weighted by Gasteiger charge is -2.42. The van der Waals surface area contributed by atoms with Crippen molar-refractivity contribution >= 4 is 17.5 Å². The van der Waals surface area contributed by atoms with E-state index in [1.807, 2.05) is 0 Å². The molecule has 0 aliphatic carbocycles. The van der Waals surface area contributed by atoms with Gasteiger partial charge in [-0.1, -0.05) is 30.3 Å². The smallest absolute Gasteiger partial charge is 0.344 e. The second kappa shape index (κ2) is 9.01. The van der Waals surface area contributed by atoms with E-state index in [4.69, 9.17) is 0 Å². The van der Waals surface area contributed by atoms with Crippen molar-refractivity contribution in [2.24, 2.45) is 0 Å². The molecule has 0 saturated heterocycles. The zero-order valence-electron chi connectivity index (χ0n) is 16.8. The Morgan fingerprint density at radius 3 is 1.33 bits per heavy atom. The van der Waals surface area contributed by atoms with Crippen LogP contribution in [0.25, 0.3) is 0 Å². The molecule has 1 aromatic carbocycles. The van der Waals surface area contributed by atoms with Crippen LogP contribution in [0.15, 0.2) is 30.3 Å². The Hall–Kier alpha value is -2.14. The zero-order chi connectivity index (χ0) is 29.0. The molecular weight excluding hydrogens is 574 g/mol. The molecule has 2 nitrogen and oxygen atoms in total. The maximum absolute atomic E-state index is 13.9. The van der Waals surface area contributed by atoms with Crippen molar-refractivity contribution in [3.63, 3.8) is 0 Å². The average molecular weight is 584 g/mol. The summed E-state index contributed by atoms with van der Waals surface area (Å²) < 4.78 is 215. The molecule has 36 heavy (non-hydrogen) atoms. The second-order valence-electron chi connectivity index (χ2n) is 7.12. The molecule has 1 aromatic rings. The molecule has 208 valence electrons. The molecule has 1 amide bonds. The molecule has 0 fully saturated rings. The standard InChI is InChI=1S/C17H10ClF16NO/c1-7(8-5-3-2-4-6-8)35-9(36)10(19,20)11(21,22)12(23,24)13(25,26)14(27,28)15(29,30)16(31,32)17(18,33)34/h2-7H,1H3,(H,35,36). The number of rotatable bonds is 10. The fraction of sp³-hybridized carbons (Fsp3) is 0.588. The van der Waals surface area contributed by atoms with Crippen molar-refractivity contribution in [1.82, 2.24) is 5.32 Å². The highest BCUT2D eigenvalue weighted by molar-refractivity contribution is 6.22. The van der Waals surface area contributed by atoms with Crippen LogP contribution in [0.3, 0.4) is 0 Å². The van der Waals surface area contributed by atoms with Gasteiger partial charge < -0.3 is 5.32 Å². The van der Waals surface area contributed by atoms with E-state index >= 15 is 0 Å². The van der Waals surface area contributed by atoms with Crippen LogP contribution in [0.5, 0.6) is 0 Å². The summed E-state index contributed by atoms with van der Waals surface area (Å²) >= 11 is 3.43. The number of amides is 1. The Morgan fingerprint density at radius 2 is 0.972 bits per heavy atom. The highest BCUT2D eigenvalue weighted by atomic mass is 35.5. The SMILES string of the molecule is CC(NC(=O)C(F)(F)C(F)(F)C(F)(F)C(F)(F)C(F)(F)C(F)(F)C(F)(F)C(F)(F)Cl)c1ccccc1. The third kappa shape index (κ3) is 4.42. The maximum atomic E-state index is 13.9. The third-order valence-electron chi connectivity index (χ3n) is 4.65. The molecule has 0 aromatic heterocycles. The third-order valence-corrected chi connectivity index (χ3v) is 4.89. The van der Waals surface area contributed by atoms with E-state index in [1.54, 1.807) is 0 Å². The van der Waals surface area contributed by atoms with Gasteiger partial charge in [0.05, 0.1) is 6.04 Å². The fourth-order valence-electron chi connectivity index (χ4n) is 2.42. The van der Waals surface area contributed by atoms with Crippen LogP contribution in [-0.4, -0.2) is 52.7 Å². The van der Waals surface area contributed by atoms with Crippen molar-refractivity contribution in [2.45, 2.75) is 59.8 Å². The predicted molar refractivity (Wildman–Crippen MR) is 88.4 cm³/mol. The molecule has 0 aliphatic rings. The number of hydrogen-bond acceptors (Lipinski definition) is 1. The molecule has 0 heterocycles. The van der Waals surface area contributed by atoms with E-state index in [0.29, 0.717) is 0 Å². The highest BCUT2D eigenvalue weighted by Gasteiger charge is 2.95. The summed E-state index contributed by atoms with van der Waals surface area (Å²) in [4.78, 5) is 11.5.